The fourth-order valence-electron chi connectivity index (χ4n) is 4.75. The number of furan rings is 1. The van der Waals surface area contributed by atoms with E-state index in [4.69, 9.17) is 26.9 Å². The Hall–Kier alpha value is -2.38. The van der Waals surface area contributed by atoms with Crippen molar-refractivity contribution in [3.8, 4) is 0 Å². The van der Waals surface area contributed by atoms with E-state index in [1.807, 2.05) is 57.3 Å². The summed E-state index contributed by atoms with van der Waals surface area (Å²) in [5, 5.41) is 9.73. The molecule has 0 amide bonds. The quantitative estimate of drug-likeness (QED) is 0.119. The molecule has 7 heteroatoms. The molecule has 5 rings (SSSR count). The van der Waals surface area contributed by atoms with Gasteiger partial charge in [-0.3, -0.25) is 0 Å². The van der Waals surface area contributed by atoms with Crippen LogP contribution in [0.15, 0.2) is 91.1 Å². The largest absolute Gasteiger partial charge is 2.00 e. The fraction of sp³-hybridized carbons (Fsp3) is 0.325. The number of likely N-dealkylation sites (N-methyl/N-ethyl adjacent to an activating group) is 1. The monoisotopic (exact) mass is 688 g/mol. The summed E-state index contributed by atoms with van der Waals surface area (Å²) in [6.07, 6.45) is 9.58. The summed E-state index contributed by atoms with van der Waals surface area (Å²) >= 11 is 6.01. The number of benzene rings is 3. The predicted octanol–water partition coefficient (Wildman–Crippen LogP) is 9.86. The van der Waals surface area contributed by atoms with Crippen LogP contribution >= 0.6 is 11.6 Å². The third-order valence-electron chi connectivity index (χ3n) is 7.40. The Balaban J connectivity index is 0. The Bertz CT molecular complexity index is 1500. The molecule has 0 saturated heterocycles. The normalized spacial score (nSPS) is 11.8. The molecule has 1 unspecified atom stereocenters. The van der Waals surface area contributed by atoms with Crippen LogP contribution in [0.5, 0.6) is 0 Å². The third kappa shape index (κ3) is 14.7. The van der Waals surface area contributed by atoms with Gasteiger partial charge in [-0.25, -0.2) is 4.39 Å². The van der Waals surface area contributed by atoms with Gasteiger partial charge in [0.05, 0.1) is 16.8 Å². The Morgan fingerprint density at radius 1 is 1.13 bits per heavy atom. The van der Waals surface area contributed by atoms with E-state index in [9.17, 15) is 4.39 Å². The molecular formula is C40H54CaClFN2O2. The fourth-order valence-corrected chi connectivity index (χ4v) is 5.08. The van der Waals surface area contributed by atoms with Crippen molar-refractivity contribution in [2.75, 3.05) is 20.7 Å². The number of hydrogen-bond donors (Lipinski definition) is 1. The van der Waals surface area contributed by atoms with E-state index in [-0.39, 0.29) is 62.2 Å². The zero-order valence-electron chi connectivity index (χ0n) is 29.7. The minimum atomic E-state index is -0.303. The first kappa shape index (κ1) is 46.7. The van der Waals surface area contributed by atoms with Crippen molar-refractivity contribution in [2.24, 2.45) is 5.73 Å². The molecule has 0 aliphatic carbocycles. The number of hydrogen-bond acceptors (Lipinski definition) is 4. The van der Waals surface area contributed by atoms with Gasteiger partial charge in [0, 0.05) is 24.2 Å². The summed E-state index contributed by atoms with van der Waals surface area (Å²) in [6, 6.07) is 18.7. The van der Waals surface area contributed by atoms with Crippen LogP contribution in [0.2, 0.25) is 5.02 Å². The van der Waals surface area contributed by atoms with Crippen LogP contribution in [-0.4, -0.2) is 63.3 Å². The van der Waals surface area contributed by atoms with Crippen LogP contribution in [0.3, 0.4) is 0 Å². The van der Waals surface area contributed by atoms with Gasteiger partial charge in [0.15, 0.2) is 0 Å². The van der Waals surface area contributed by atoms with E-state index in [2.05, 4.69) is 62.7 Å². The maximum absolute atomic E-state index is 14.1. The maximum atomic E-state index is 14.1. The summed E-state index contributed by atoms with van der Waals surface area (Å²) in [5.41, 5.74) is 12.6. The molecule has 1 aliphatic rings. The summed E-state index contributed by atoms with van der Waals surface area (Å²) < 4.78 is 19.4. The number of allylic oxidation sites excluding steroid dienone is 1. The Labute approximate surface area is 319 Å². The van der Waals surface area contributed by atoms with Crippen LogP contribution in [0.1, 0.15) is 79.8 Å². The van der Waals surface area contributed by atoms with Crippen molar-refractivity contribution >= 4 is 72.1 Å². The predicted molar refractivity (Wildman–Crippen MR) is 204 cm³/mol. The zero-order chi connectivity index (χ0) is 33.9. The molecular weight excluding hydrogens is 635 g/mol. The second-order valence-electron chi connectivity index (χ2n) is 10.5. The van der Waals surface area contributed by atoms with E-state index >= 15 is 0 Å². The molecule has 0 radical (unpaired) electrons. The van der Waals surface area contributed by atoms with Gasteiger partial charge in [0.2, 0.25) is 0 Å². The molecule has 4 aromatic rings. The number of aryl methyl sites for hydroxylation is 1. The molecule has 0 fully saturated rings. The first-order chi connectivity index (χ1) is 21.7. The molecule has 1 aromatic heterocycles. The van der Waals surface area contributed by atoms with Crippen LogP contribution in [-0.2, 0) is 19.4 Å². The van der Waals surface area contributed by atoms with Crippen molar-refractivity contribution in [3.63, 3.8) is 0 Å². The first-order valence-electron chi connectivity index (χ1n) is 15.5. The summed E-state index contributed by atoms with van der Waals surface area (Å²) in [7, 11) is 2.75. The summed E-state index contributed by atoms with van der Waals surface area (Å²) in [5.74, 6) is 0.377. The third-order valence-corrected chi connectivity index (χ3v) is 7.70. The van der Waals surface area contributed by atoms with Gasteiger partial charge in [-0.15, -0.1) is 6.58 Å². The molecule has 0 saturated carbocycles. The first-order valence-corrected chi connectivity index (χ1v) is 15.9. The Kier molecular flexibility index (Phi) is 25.5. The molecule has 4 nitrogen and oxygen atoms in total. The molecule has 1 aliphatic heterocycles. The van der Waals surface area contributed by atoms with Gasteiger partial charge in [0.25, 0.3) is 0 Å². The van der Waals surface area contributed by atoms with E-state index < -0.39 is 0 Å². The minimum absolute atomic E-state index is 0. The number of fused-ring (bicyclic) bond motifs is 2. The second kappa shape index (κ2) is 25.6. The Morgan fingerprint density at radius 3 is 2.40 bits per heavy atom. The molecule has 0 spiro atoms. The van der Waals surface area contributed by atoms with Gasteiger partial charge in [-0.1, -0.05) is 101 Å². The van der Waals surface area contributed by atoms with Crippen LogP contribution in [0.4, 0.5) is 4.39 Å². The average molecular weight is 689 g/mol. The van der Waals surface area contributed by atoms with E-state index in [0.29, 0.717) is 17.4 Å². The van der Waals surface area contributed by atoms with Crippen LogP contribution in [0.25, 0.3) is 22.7 Å². The molecule has 252 valence electrons. The topological polar surface area (TPSA) is 65.5 Å². The smallest absolute Gasteiger partial charge is 0.857 e. The Morgan fingerprint density at radius 2 is 1.81 bits per heavy atom. The molecule has 0 bridgehead atoms. The molecule has 2 heterocycles. The van der Waals surface area contributed by atoms with Gasteiger partial charge in [-0.05, 0) is 84.7 Å². The summed E-state index contributed by atoms with van der Waals surface area (Å²) in [6.45, 7) is 21.1. The second-order valence-corrected chi connectivity index (χ2v) is 10.9. The van der Waals surface area contributed by atoms with Crippen LogP contribution < -0.4 is 10.8 Å². The van der Waals surface area contributed by atoms with Crippen molar-refractivity contribution in [3.05, 3.63) is 138 Å². The molecule has 47 heavy (non-hydrogen) atoms. The molecule has 2 N–H and O–H groups in total. The molecule has 1 atom stereocenters. The van der Waals surface area contributed by atoms with E-state index in [1.165, 1.54) is 17.5 Å². The van der Waals surface area contributed by atoms with Gasteiger partial charge in [0.1, 0.15) is 11.4 Å². The van der Waals surface area contributed by atoms with E-state index in [0.717, 1.165) is 60.7 Å². The van der Waals surface area contributed by atoms with Crippen molar-refractivity contribution in [1.29, 1.82) is 0 Å². The van der Waals surface area contributed by atoms with Crippen molar-refractivity contribution < 1.29 is 13.9 Å². The molecule has 3 aromatic carbocycles. The van der Waals surface area contributed by atoms with Crippen molar-refractivity contribution in [1.82, 2.24) is 4.90 Å². The zero-order valence-corrected chi connectivity index (χ0v) is 32.6. The minimum Gasteiger partial charge on any atom is -0.857 e. The number of nitrogens with two attached hydrogens (primary N) is 1. The summed E-state index contributed by atoms with van der Waals surface area (Å²) in [4.78, 5) is 2.13. The van der Waals surface area contributed by atoms with Gasteiger partial charge >= 0.3 is 37.7 Å². The van der Waals surface area contributed by atoms with Gasteiger partial charge < -0.3 is 27.6 Å². The SMILES string of the molecule is C=C(N)c1c(Cl)cc2c(c1F)CCN(C)C2.C=CCCc1cccc(C(C)CC)c1.C=Cc1ccc2ccoc2c1.CC.C[O-].[CH3-].[Ca+2]. The number of rotatable bonds is 7. The average Bonchev–Trinajstić information content (AvgIpc) is 3.54. The standard InChI is InChI=1S/C14H20.C12H14ClFN2.C10H8O.C2H6.CH3O.CH3.Ca/c1-4-6-8-13-9-7-10-14(11-13)12(3)5-2;1-7(15)11-10(13)5-8-6-16(2)4-3-9(8)12(11)14;1-2-8-3-4-9-5-6-11-10(9)7-8;2*1-2;;/h4,7,9-12H,1,5-6,8H2,2-3H3;5H,1,3-4,6,15H2,2H3;2-7H,1H2;1-2H3;1H3;1H3;/q;;;;2*-1;+2. The van der Waals surface area contributed by atoms with Crippen molar-refractivity contribution in [2.45, 2.75) is 65.8 Å². The number of halogens is 2. The maximum Gasteiger partial charge on any atom is 2.00 e. The van der Waals surface area contributed by atoms with Gasteiger partial charge in [-0.2, -0.15) is 7.11 Å². The van der Waals surface area contributed by atoms with E-state index in [1.54, 1.807) is 12.3 Å². The van der Waals surface area contributed by atoms with Crippen LogP contribution in [0, 0.1) is 13.2 Å². The number of nitrogens with zero attached hydrogens (tertiary/aromatic N) is 1.